The molecule has 25 heavy (non-hydrogen) atoms. The lowest BCUT2D eigenvalue weighted by Crippen LogP contribution is -2.48. The van der Waals surface area contributed by atoms with Gasteiger partial charge in [0.25, 0.3) is 5.56 Å². The molecular formula is C20H25N3O2. The van der Waals surface area contributed by atoms with Crippen LogP contribution in [-0.4, -0.2) is 33.9 Å². The fraction of sp³-hybridized carbons (Fsp3) is 0.450. The van der Waals surface area contributed by atoms with Crippen molar-refractivity contribution in [2.75, 3.05) is 13.1 Å². The molecule has 1 aromatic heterocycles. The van der Waals surface area contributed by atoms with Crippen LogP contribution in [0.5, 0.6) is 0 Å². The van der Waals surface area contributed by atoms with Crippen LogP contribution in [-0.2, 0) is 16.6 Å². The second kappa shape index (κ2) is 6.82. The maximum Gasteiger partial charge on any atom is 0.254 e. The van der Waals surface area contributed by atoms with Gasteiger partial charge in [0.15, 0.2) is 0 Å². The Morgan fingerprint density at radius 2 is 2.00 bits per heavy atom. The highest BCUT2D eigenvalue weighted by atomic mass is 16.2. The van der Waals surface area contributed by atoms with Gasteiger partial charge < -0.3 is 9.88 Å². The monoisotopic (exact) mass is 339 g/mol. The van der Waals surface area contributed by atoms with E-state index >= 15 is 0 Å². The third-order valence-electron chi connectivity index (χ3n) is 5.19. The maximum absolute atomic E-state index is 12.8. The quantitative estimate of drug-likeness (QED) is 0.934. The van der Waals surface area contributed by atoms with Crippen LogP contribution in [0.4, 0.5) is 0 Å². The van der Waals surface area contributed by atoms with E-state index in [2.05, 4.69) is 29.0 Å². The first-order valence-corrected chi connectivity index (χ1v) is 8.79. The average Bonchev–Trinajstić information content (AvgIpc) is 2.59. The molecule has 5 heteroatoms. The zero-order valence-electron chi connectivity index (χ0n) is 15.1. The fourth-order valence-electron chi connectivity index (χ4n) is 3.75. The highest BCUT2D eigenvalue weighted by Gasteiger charge is 2.34. The highest BCUT2D eigenvalue weighted by molar-refractivity contribution is 5.79. The number of nitrogens with zero attached hydrogens (tertiary/aromatic N) is 2. The second-order valence-corrected chi connectivity index (χ2v) is 7.24. The van der Waals surface area contributed by atoms with E-state index in [-0.39, 0.29) is 23.3 Å². The minimum absolute atomic E-state index is 0.00103. The molecule has 2 heterocycles. The van der Waals surface area contributed by atoms with Crippen molar-refractivity contribution < 1.29 is 4.79 Å². The number of aromatic nitrogens is 2. The van der Waals surface area contributed by atoms with Crippen LogP contribution in [0.3, 0.4) is 0 Å². The number of hydrogen-bond donors (Lipinski definition) is 1. The normalized spacial score (nSPS) is 20.5. The number of carbonyl (C=O) groups is 1. The molecule has 5 nitrogen and oxygen atoms in total. The molecule has 0 saturated carbocycles. The van der Waals surface area contributed by atoms with Gasteiger partial charge in [0.2, 0.25) is 5.91 Å². The molecule has 0 spiro atoms. The van der Waals surface area contributed by atoms with Gasteiger partial charge in [-0.3, -0.25) is 9.59 Å². The van der Waals surface area contributed by atoms with Crippen molar-refractivity contribution in [3.63, 3.8) is 0 Å². The van der Waals surface area contributed by atoms with Gasteiger partial charge in [0, 0.05) is 29.8 Å². The number of rotatable bonds is 3. The van der Waals surface area contributed by atoms with E-state index in [1.807, 2.05) is 23.1 Å². The van der Waals surface area contributed by atoms with E-state index in [0.29, 0.717) is 23.6 Å². The summed E-state index contributed by atoms with van der Waals surface area (Å²) in [6, 6.07) is 10.4. The SMILES string of the molecule is Cc1nc(C)c(CC(=O)N2CCCC(C)(c3ccccc3)C2)c(=O)[nH]1. The van der Waals surface area contributed by atoms with E-state index in [1.165, 1.54) is 5.56 Å². The van der Waals surface area contributed by atoms with Gasteiger partial charge in [-0.2, -0.15) is 0 Å². The number of carbonyl (C=O) groups excluding carboxylic acids is 1. The van der Waals surface area contributed by atoms with Gasteiger partial charge in [0.05, 0.1) is 6.42 Å². The minimum atomic E-state index is -0.207. The molecule has 2 aromatic rings. The van der Waals surface area contributed by atoms with Crippen LogP contribution in [0.25, 0.3) is 0 Å². The lowest BCUT2D eigenvalue weighted by molar-refractivity contribution is -0.132. The molecule has 1 aliphatic rings. The Hall–Kier alpha value is -2.43. The topological polar surface area (TPSA) is 66.1 Å². The van der Waals surface area contributed by atoms with Crippen molar-refractivity contribution in [1.29, 1.82) is 0 Å². The van der Waals surface area contributed by atoms with Gasteiger partial charge in [0.1, 0.15) is 5.82 Å². The van der Waals surface area contributed by atoms with Crippen molar-refractivity contribution in [3.8, 4) is 0 Å². The number of piperidine rings is 1. The zero-order chi connectivity index (χ0) is 18.0. The van der Waals surface area contributed by atoms with Crippen LogP contribution >= 0.6 is 0 Å². The van der Waals surface area contributed by atoms with E-state index in [1.54, 1.807) is 13.8 Å². The first-order chi connectivity index (χ1) is 11.9. The Labute approximate surface area is 148 Å². The minimum Gasteiger partial charge on any atom is -0.342 e. The van der Waals surface area contributed by atoms with Crippen LogP contribution in [0, 0.1) is 13.8 Å². The molecular weight excluding hydrogens is 314 g/mol. The summed E-state index contributed by atoms with van der Waals surface area (Å²) in [5.41, 5.74) is 2.13. The molecule has 1 amide bonds. The van der Waals surface area contributed by atoms with E-state index in [0.717, 1.165) is 19.4 Å². The summed E-state index contributed by atoms with van der Waals surface area (Å²) >= 11 is 0. The molecule has 0 bridgehead atoms. The molecule has 0 aliphatic carbocycles. The van der Waals surface area contributed by atoms with Gasteiger partial charge in [-0.1, -0.05) is 37.3 Å². The Bertz CT molecular complexity index is 829. The Balaban J connectivity index is 1.78. The van der Waals surface area contributed by atoms with Gasteiger partial charge in [-0.05, 0) is 32.3 Å². The molecule has 3 rings (SSSR count). The smallest absolute Gasteiger partial charge is 0.254 e. The first-order valence-electron chi connectivity index (χ1n) is 8.79. The summed E-state index contributed by atoms with van der Waals surface area (Å²) < 4.78 is 0. The van der Waals surface area contributed by atoms with Crippen molar-refractivity contribution in [3.05, 3.63) is 63.3 Å². The fourth-order valence-corrected chi connectivity index (χ4v) is 3.75. The number of likely N-dealkylation sites (tertiary alicyclic amines) is 1. The van der Waals surface area contributed by atoms with E-state index in [9.17, 15) is 9.59 Å². The highest BCUT2D eigenvalue weighted by Crippen LogP contribution is 2.33. The number of hydrogen-bond acceptors (Lipinski definition) is 3. The molecule has 1 unspecified atom stereocenters. The number of aryl methyl sites for hydroxylation is 2. The van der Waals surface area contributed by atoms with E-state index < -0.39 is 0 Å². The summed E-state index contributed by atoms with van der Waals surface area (Å²) in [6.45, 7) is 7.18. The summed E-state index contributed by atoms with van der Waals surface area (Å²) in [6.07, 6.45) is 2.14. The first kappa shape index (κ1) is 17.4. The molecule has 1 atom stereocenters. The van der Waals surface area contributed by atoms with Crippen molar-refractivity contribution in [1.82, 2.24) is 14.9 Å². The Kier molecular flexibility index (Phi) is 4.75. The third kappa shape index (κ3) is 3.65. The van der Waals surface area contributed by atoms with Crippen LogP contribution in [0.2, 0.25) is 0 Å². The third-order valence-corrected chi connectivity index (χ3v) is 5.19. The van der Waals surface area contributed by atoms with Gasteiger partial charge in [-0.25, -0.2) is 4.98 Å². The summed E-state index contributed by atoms with van der Waals surface area (Å²) in [7, 11) is 0. The second-order valence-electron chi connectivity index (χ2n) is 7.24. The maximum atomic E-state index is 12.8. The van der Waals surface area contributed by atoms with Crippen molar-refractivity contribution in [2.45, 2.75) is 45.4 Å². The Morgan fingerprint density at radius 1 is 1.28 bits per heavy atom. The Morgan fingerprint density at radius 3 is 2.68 bits per heavy atom. The number of nitrogens with one attached hydrogen (secondary N) is 1. The molecule has 0 radical (unpaired) electrons. The molecule has 132 valence electrons. The molecule has 1 aliphatic heterocycles. The lowest BCUT2D eigenvalue weighted by Gasteiger charge is -2.41. The summed E-state index contributed by atoms with van der Waals surface area (Å²) in [4.78, 5) is 33.9. The molecule has 1 aromatic carbocycles. The van der Waals surface area contributed by atoms with E-state index in [4.69, 9.17) is 0 Å². The summed E-state index contributed by atoms with van der Waals surface area (Å²) in [5.74, 6) is 0.578. The zero-order valence-corrected chi connectivity index (χ0v) is 15.1. The molecule has 1 fully saturated rings. The van der Waals surface area contributed by atoms with Crippen LogP contribution in [0.15, 0.2) is 35.1 Å². The number of H-pyrrole nitrogens is 1. The van der Waals surface area contributed by atoms with Crippen LogP contribution in [0.1, 0.15) is 42.4 Å². The summed E-state index contributed by atoms with van der Waals surface area (Å²) in [5, 5.41) is 0. The number of aromatic amines is 1. The van der Waals surface area contributed by atoms with Crippen LogP contribution < -0.4 is 5.56 Å². The largest absolute Gasteiger partial charge is 0.342 e. The van der Waals surface area contributed by atoms with Crippen molar-refractivity contribution >= 4 is 5.91 Å². The molecule has 1 saturated heterocycles. The van der Waals surface area contributed by atoms with Gasteiger partial charge in [-0.15, -0.1) is 0 Å². The number of benzene rings is 1. The number of amides is 1. The van der Waals surface area contributed by atoms with Crippen molar-refractivity contribution in [2.24, 2.45) is 0 Å². The average molecular weight is 339 g/mol. The lowest BCUT2D eigenvalue weighted by atomic mass is 9.76. The van der Waals surface area contributed by atoms with Gasteiger partial charge >= 0.3 is 0 Å². The standard InChI is InChI=1S/C20H25N3O2/c1-14-17(19(25)22-15(2)21-14)12-18(24)23-11-7-10-20(3,13-23)16-8-5-4-6-9-16/h4-6,8-9H,7,10-13H2,1-3H3,(H,21,22,25). The predicted octanol–water partition coefficient (Wildman–Crippen LogP) is 2.51. The molecule has 1 N–H and O–H groups in total. The predicted molar refractivity (Wildman–Crippen MR) is 97.6 cm³/mol.